The van der Waals surface area contributed by atoms with Crippen LogP contribution in [0.15, 0.2) is 24.3 Å². The molecular weight excluding hydrogens is 229 g/mol. The minimum absolute atomic E-state index is 0.0796. The molecule has 0 aliphatic rings. The maximum atomic E-state index is 10.7. The van der Waals surface area contributed by atoms with Crippen LogP contribution in [-0.4, -0.2) is 4.92 Å². The molecule has 0 aliphatic heterocycles. The van der Waals surface area contributed by atoms with E-state index in [1.807, 2.05) is 0 Å². The molecule has 0 heterocycles. The third-order valence-corrected chi connectivity index (χ3v) is 2.62. The number of hydrogen-bond donors (Lipinski definition) is 0. The van der Waals surface area contributed by atoms with Crippen LogP contribution in [0.2, 0.25) is 0 Å². The van der Waals surface area contributed by atoms with Gasteiger partial charge in [0.05, 0.1) is 4.92 Å². The highest BCUT2D eigenvalue weighted by Gasteiger charge is 2.07. The average Bonchev–Trinajstić information content (AvgIpc) is 2.02. The molecule has 7 heteroatoms. The van der Waals surface area contributed by atoms with E-state index in [9.17, 15) is 19.6 Å². The summed E-state index contributed by atoms with van der Waals surface area (Å²) in [5.74, 6) is 0. The van der Waals surface area contributed by atoms with Crippen molar-refractivity contribution in [2.75, 3.05) is 0 Å². The van der Waals surface area contributed by atoms with Crippen molar-refractivity contribution in [3.05, 3.63) is 39.9 Å². The Bertz CT molecular complexity index is 385. The Morgan fingerprint density at radius 2 is 1.86 bits per heavy atom. The van der Waals surface area contributed by atoms with Crippen LogP contribution in [0.4, 0.5) is 5.69 Å². The van der Waals surface area contributed by atoms with Crippen molar-refractivity contribution < 1.29 is 14.4 Å². The van der Waals surface area contributed by atoms with Gasteiger partial charge in [-0.15, -0.1) is 0 Å². The first-order valence-electron chi connectivity index (χ1n) is 3.61. The molecule has 76 valence electrons. The number of rotatable bonds is 3. The molecule has 0 N–H and O–H groups in total. The summed E-state index contributed by atoms with van der Waals surface area (Å²) in [6.07, 6.45) is -0.299. The molecule has 0 aliphatic carbocycles. The molecule has 0 saturated heterocycles. The van der Waals surface area contributed by atoms with Gasteiger partial charge in [0.1, 0.15) is 6.72 Å². The van der Waals surface area contributed by atoms with Crippen LogP contribution < -0.4 is 4.89 Å². The Morgan fingerprint density at radius 3 is 2.21 bits per heavy atom. The quantitative estimate of drug-likeness (QED) is 0.454. The fourth-order valence-corrected chi connectivity index (χ4v) is 2.00. The standard InChI is InChI=1S/C7H7ClNO4P/c8-14(12,13)5-6-1-3-7(4-2-6)9(10)11/h1-4H,5H2,(H,12,13)/p-1. The summed E-state index contributed by atoms with van der Waals surface area (Å²) in [5, 5.41) is 10.3. The Balaban J connectivity index is 2.84. The van der Waals surface area contributed by atoms with Crippen LogP contribution in [-0.2, 0) is 10.7 Å². The summed E-state index contributed by atoms with van der Waals surface area (Å²) in [5.41, 5.74) is 0.355. The van der Waals surface area contributed by atoms with Crippen LogP contribution in [0.5, 0.6) is 0 Å². The van der Waals surface area contributed by atoms with Gasteiger partial charge in [-0.05, 0) is 5.56 Å². The van der Waals surface area contributed by atoms with Crippen LogP contribution in [0.3, 0.4) is 0 Å². The van der Waals surface area contributed by atoms with Gasteiger partial charge in [-0.3, -0.25) is 10.1 Å². The van der Waals surface area contributed by atoms with Crippen molar-refractivity contribution in [2.45, 2.75) is 6.16 Å². The van der Waals surface area contributed by atoms with E-state index in [0.717, 1.165) is 0 Å². The zero-order valence-corrected chi connectivity index (χ0v) is 8.57. The predicted octanol–water partition coefficient (Wildman–Crippen LogP) is 1.89. The summed E-state index contributed by atoms with van der Waals surface area (Å²) in [6, 6.07) is 5.21. The van der Waals surface area contributed by atoms with Gasteiger partial charge in [-0.25, -0.2) is 0 Å². The fourth-order valence-electron chi connectivity index (χ4n) is 0.941. The topological polar surface area (TPSA) is 83.3 Å². The van der Waals surface area contributed by atoms with Crippen molar-refractivity contribution in [1.29, 1.82) is 0 Å². The van der Waals surface area contributed by atoms with Gasteiger partial charge in [0.15, 0.2) is 0 Å². The van der Waals surface area contributed by atoms with E-state index in [-0.39, 0.29) is 11.8 Å². The number of hydrogen-bond acceptors (Lipinski definition) is 4. The first-order chi connectivity index (χ1) is 6.38. The molecule has 1 aromatic rings. The number of nitro benzene ring substituents is 1. The largest absolute Gasteiger partial charge is 0.788 e. The highest BCUT2D eigenvalue weighted by atomic mass is 35.7. The fraction of sp³-hybridized carbons (Fsp3) is 0.143. The van der Waals surface area contributed by atoms with Crippen molar-refractivity contribution in [3.63, 3.8) is 0 Å². The summed E-state index contributed by atoms with van der Waals surface area (Å²) in [4.78, 5) is 20.4. The Morgan fingerprint density at radius 1 is 1.36 bits per heavy atom. The molecule has 0 bridgehead atoms. The average molecular weight is 235 g/mol. The van der Waals surface area contributed by atoms with E-state index in [1.54, 1.807) is 0 Å². The lowest BCUT2D eigenvalue weighted by Crippen LogP contribution is -1.97. The van der Waals surface area contributed by atoms with E-state index in [4.69, 9.17) is 11.2 Å². The molecule has 0 saturated carbocycles. The molecule has 14 heavy (non-hydrogen) atoms. The minimum Gasteiger partial charge on any atom is -0.788 e. The van der Waals surface area contributed by atoms with Gasteiger partial charge in [0.2, 0.25) is 0 Å². The van der Waals surface area contributed by atoms with Crippen LogP contribution >= 0.6 is 18.0 Å². The zero-order chi connectivity index (χ0) is 10.8. The lowest BCUT2D eigenvalue weighted by Gasteiger charge is -2.13. The Kier molecular flexibility index (Phi) is 3.26. The van der Waals surface area contributed by atoms with Gasteiger partial charge in [-0.2, -0.15) is 0 Å². The molecule has 0 radical (unpaired) electrons. The Hall–Kier alpha value is -0.900. The van der Waals surface area contributed by atoms with Gasteiger partial charge < -0.3 is 9.46 Å². The molecule has 1 unspecified atom stereocenters. The Labute approximate surface area is 84.7 Å². The number of halogens is 1. The van der Waals surface area contributed by atoms with Crippen molar-refractivity contribution in [1.82, 2.24) is 0 Å². The molecule has 1 rings (SSSR count). The summed E-state index contributed by atoms with van der Waals surface area (Å²) >= 11 is 5.04. The van der Waals surface area contributed by atoms with Crippen molar-refractivity contribution in [3.8, 4) is 0 Å². The van der Waals surface area contributed by atoms with Crippen molar-refractivity contribution in [2.24, 2.45) is 0 Å². The van der Waals surface area contributed by atoms with Crippen LogP contribution in [0.1, 0.15) is 5.56 Å². The molecule has 5 nitrogen and oxygen atoms in total. The smallest absolute Gasteiger partial charge is 0.269 e. The second kappa shape index (κ2) is 4.09. The lowest BCUT2D eigenvalue weighted by molar-refractivity contribution is -0.384. The van der Waals surface area contributed by atoms with E-state index in [0.29, 0.717) is 5.56 Å². The van der Waals surface area contributed by atoms with E-state index in [1.165, 1.54) is 24.3 Å². The second-order valence-corrected chi connectivity index (χ2v) is 5.71. The normalized spacial score (nSPS) is 14.7. The third kappa shape index (κ3) is 3.46. The predicted molar refractivity (Wildman–Crippen MR) is 50.3 cm³/mol. The highest BCUT2D eigenvalue weighted by molar-refractivity contribution is 7.82. The number of nitrogens with zero attached hydrogens (tertiary/aromatic N) is 1. The third-order valence-electron chi connectivity index (χ3n) is 1.52. The van der Waals surface area contributed by atoms with Gasteiger partial charge in [-0.1, -0.05) is 23.4 Å². The molecular formula is C7H6ClNO4P-. The maximum Gasteiger partial charge on any atom is 0.269 e. The first-order valence-corrected chi connectivity index (χ1v) is 6.33. The molecule has 1 atom stereocenters. The molecule has 0 aromatic heterocycles. The van der Waals surface area contributed by atoms with E-state index >= 15 is 0 Å². The van der Waals surface area contributed by atoms with Crippen LogP contribution in [0.25, 0.3) is 0 Å². The van der Waals surface area contributed by atoms with E-state index in [2.05, 4.69) is 0 Å². The molecule has 0 amide bonds. The summed E-state index contributed by atoms with van der Waals surface area (Å²) in [6.45, 7) is -3.87. The molecule has 1 aromatic carbocycles. The van der Waals surface area contributed by atoms with Crippen LogP contribution in [0, 0.1) is 10.1 Å². The van der Waals surface area contributed by atoms with E-state index < -0.39 is 11.6 Å². The summed E-state index contributed by atoms with van der Waals surface area (Å²) in [7, 11) is 0. The second-order valence-electron chi connectivity index (χ2n) is 2.67. The number of nitro groups is 1. The maximum absolute atomic E-state index is 10.7. The van der Waals surface area contributed by atoms with Gasteiger partial charge in [0.25, 0.3) is 5.69 Å². The van der Waals surface area contributed by atoms with Crippen molar-refractivity contribution >= 4 is 23.6 Å². The molecule has 0 spiro atoms. The minimum atomic E-state index is -3.87. The zero-order valence-electron chi connectivity index (χ0n) is 6.92. The molecule has 0 fully saturated rings. The summed E-state index contributed by atoms with van der Waals surface area (Å²) < 4.78 is 10.7. The first kappa shape index (κ1) is 11.2. The van der Waals surface area contributed by atoms with Gasteiger partial charge in [0, 0.05) is 18.3 Å². The highest BCUT2D eigenvalue weighted by Crippen LogP contribution is 2.45. The number of benzene rings is 1. The van der Waals surface area contributed by atoms with Gasteiger partial charge >= 0.3 is 0 Å². The number of non-ortho nitro benzene ring substituents is 1. The SMILES string of the molecule is O=[N+]([O-])c1ccc(CP(=O)([O-])Cl)cc1. The monoisotopic (exact) mass is 234 g/mol. The lowest BCUT2D eigenvalue weighted by atomic mass is 10.2.